The first-order chi connectivity index (χ1) is 11.5. The molecule has 1 aliphatic heterocycles. The van der Waals surface area contributed by atoms with Crippen molar-refractivity contribution in [3.63, 3.8) is 0 Å². The molecular weight excluding hydrogens is 328 g/mol. The van der Waals surface area contributed by atoms with E-state index in [-0.39, 0.29) is 11.7 Å². The molecule has 0 saturated carbocycles. The summed E-state index contributed by atoms with van der Waals surface area (Å²) in [5.41, 5.74) is 1.19. The Morgan fingerprint density at radius 1 is 1.21 bits per heavy atom. The van der Waals surface area contributed by atoms with Crippen molar-refractivity contribution in [1.29, 1.82) is 0 Å². The van der Waals surface area contributed by atoms with Crippen molar-refractivity contribution < 1.29 is 17.6 Å². The highest BCUT2D eigenvalue weighted by molar-refractivity contribution is 7.92. The number of aryl methyl sites for hydroxylation is 1. The van der Waals surface area contributed by atoms with Crippen LogP contribution >= 0.6 is 0 Å². The first kappa shape index (κ1) is 16.6. The van der Waals surface area contributed by atoms with E-state index < -0.39 is 10.0 Å². The summed E-state index contributed by atoms with van der Waals surface area (Å²) in [5.74, 6) is 0.801. The number of rotatable bonds is 5. The van der Waals surface area contributed by atoms with Gasteiger partial charge in [-0.1, -0.05) is 6.07 Å². The van der Waals surface area contributed by atoms with E-state index in [2.05, 4.69) is 5.32 Å². The quantitative estimate of drug-likeness (QED) is 0.901. The maximum absolute atomic E-state index is 12.2. The van der Waals surface area contributed by atoms with Crippen molar-refractivity contribution in [3.8, 4) is 0 Å². The molecule has 1 saturated heterocycles. The maximum Gasteiger partial charge on any atom is 0.235 e. The average Bonchev–Trinajstić information content (AvgIpc) is 3.06. The second kappa shape index (κ2) is 7.09. The standard InChI is InChI=1S/C17H20N2O4S/c20-17(9-8-16-7-4-11-23-16)18-14-5-3-6-15(13-14)19-10-1-2-12-24(19,21)22/h3-7,11,13H,1-2,8-10,12H2,(H,18,20). The van der Waals surface area contributed by atoms with Gasteiger partial charge in [-0.3, -0.25) is 9.10 Å². The van der Waals surface area contributed by atoms with Crippen molar-refractivity contribution in [3.05, 3.63) is 48.4 Å². The highest BCUT2D eigenvalue weighted by Gasteiger charge is 2.26. The van der Waals surface area contributed by atoms with Gasteiger partial charge in [-0.05, 0) is 43.2 Å². The Labute approximate surface area is 141 Å². The second-order valence-electron chi connectivity index (χ2n) is 5.77. The second-order valence-corrected chi connectivity index (χ2v) is 7.79. The lowest BCUT2D eigenvalue weighted by Crippen LogP contribution is -2.37. The Balaban J connectivity index is 1.65. The summed E-state index contributed by atoms with van der Waals surface area (Å²) >= 11 is 0. The molecule has 0 aliphatic carbocycles. The van der Waals surface area contributed by atoms with Crippen molar-refractivity contribution in [2.24, 2.45) is 0 Å². The minimum Gasteiger partial charge on any atom is -0.469 e. The number of benzene rings is 1. The average molecular weight is 348 g/mol. The van der Waals surface area contributed by atoms with E-state index in [9.17, 15) is 13.2 Å². The number of hydrogen-bond donors (Lipinski definition) is 1. The zero-order valence-corrected chi connectivity index (χ0v) is 14.1. The molecule has 0 atom stereocenters. The Morgan fingerprint density at radius 2 is 2.08 bits per heavy atom. The van der Waals surface area contributed by atoms with Crippen LogP contribution < -0.4 is 9.62 Å². The third-order valence-corrected chi connectivity index (χ3v) is 5.82. The number of carbonyl (C=O) groups is 1. The Morgan fingerprint density at radius 3 is 2.83 bits per heavy atom. The van der Waals surface area contributed by atoms with E-state index in [1.54, 1.807) is 36.6 Å². The number of nitrogens with zero attached hydrogens (tertiary/aromatic N) is 1. The minimum absolute atomic E-state index is 0.134. The normalized spacial score (nSPS) is 16.8. The highest BCUT2D eigenvalue weighted by Crippen LogP contribution is 2.26. The van der Waals surface area contributed by atoms with Gasteiger partial charge < -0.3 is 9.73 Å². The van der Waals surface area contributed by atoms with Gasteiger partial charge in [0.05, 0.1) is 17.7 Å². The number of amides is 1. The minimum atomic E-state index is -3.25. The summed E-state index contributed by atoms with van der Waals surface area (Å²) < 4.78 is 31.0. The number of furan rings is 1. The predicted octanol–water partition coefficient (Wildman–Crippen LogP) is 2.78. The van der Waals surface area contributed by atoms with Crippen molar-refractivity contribution in [2.45, 2.75) is 25.7 Å². The molecule has 1 aromatic heterocycles. The van der Waals surface area contributed by atoms with Crippen molar-refractivity contribution in [2.75, 3.05) is 21.9 Å². The molecule has 7 heteroatoms. The molecule has 1 aromatic carbocycles. The number of hydrogen-bond acceptors (Lipinski definition) is 4. The molecule has 0 spiro atoms. The van der Waals surface area contributed by atoms with Crippen LogP contribution in [0, 0.1) is 0 Å². The Kier molecular flexibility index (Phi) is 4.89. The van der Waals surface area contributed by atoms with Crippen molar-refractivity contribution >= 4 is 27.3 Å². The molecule has 128 valence electrons. The third-order valence-electron chi connectivity index (χ3n) is 3.95. The van der Waals surface area contributed by atoms with E-state index in [1.165, 1.54) is 4.31 Å². The van der Waals surface area contributed by atoms with Gasteiger partial charge in [0.1, 0.15) is 5.76 Å². The van der Waals surface area contributed by atoms with Gasteiger partial charge in [0, 0.05) is 25.1 Å². The molecular formula is C17H20N2O4S. The van der Waals surface area contributed by atoms with E-state index in [4.69, 9.17) is 4.42 Å². The number of sulfonamides is 1. The third kappa shape index (κ3) is 3.97. The molecule has 1 aliphatic rings. The zero-order chi connectivity index (χ0) is 17.0. The highest BCUT2D eigenvalue weighted by atomic mass is 32.2. The summed E-state index contributed by atoms with van der Waals surface area (Å²) in [6.45, 7) is 0.484. The van der Waals surface area contributed by atoms with Gasteiger partial charge in [-0.25, -0.2) is 8.42 Å². The summed E-state index contributed by atoms with van der Waals surface area (Å²) in [4.78, 5) is 12.0. The summed E-state index contributed by atoms with van der Waals surface area (Å²) in [5, 5.41) is 2.81. The largest absolute Gasteiger partial charge is 0.469 e. The molecule has 0 unspecified atom stereocenters. The summed E-state index contributed by atoms with van der Waals surface area (Å²) in [6.07, 6.45) is 3.95. The first-order valence-corrected chi connectivity index (χ1v) is 9.58. The van der Waals surface area contributed by atoms with Crippen molar-refractivity contribution in [1.82, 2.24) is 0 Å². The Hall–Kier alpha value is -2.28. The fraction of sp³-hybridized carbons (Fsp3) is 0.353. The Bertz CT molecular complexity index is 800. The molecule has 1 amide bonds. The zero-order valence-electron chi connectivity index (χ0n) is 13.3. The molecule has 0 radical (unpaired) electrons. The van der Waals surface area contributed by atoms with Gasteiger partial charge in [-0.2, -0.15) is 0 Å². The molecule has 6 nitrogen and oxygen atoms in total. The van der Waals surface area contributed by atoms with Gasteiger partial charge >= 0.3 is 0 Å². The fourth-order valence-corrected chi connectivity index (χ4v) is 4.36. The predicted molar refractivity (Wildman–Crippen MR) is 92.5 cm³/mol. The van der Waals surface area contributed by atoms with Crippen LogP contribution in [0.5, 0.6) is 0 Å². The topological polar surface area (TPSA) is 79.6 Å². The molecule has 0 bridgehead atoms. The molecule has 24 heavy (non-hydrogen) atoms. The van der Waals surface area contributed by atoms with Crippen LogP contribution in [0.25, 0.3) is 0 Å². The number of carbonyl (C=O) groups excluding carboxylic acids is 1. The van der Waals surface area contributed by atoms with Crippen LogP contribution in [-0.4, -0.2) is 26.6 Å². The van der Waals surface area contributed by atoms with E-state index in [1.807, 2.05) is 6.07 Å². The van der Waals surface area contributed by atoms with Gasteiger partial charge in [-0.15, -0.1) is 0 Å². The van der Waals surface area contributed by atoms with Crippen LogP contribution in [0.3, 0.4) is 0 Å². The summed E-state index contributed by atoms with van der Waals surface area (Å²) in [6, 6.07) is 10.6. The number of nitrogens with one attached hydrogen (secondary N) is 1. The first-order valence-electron chi connectivity index (χ1n) is 7.97. The van der Waals surface area contributed by atoms with E-state index in [0.717, 1.165) is 12.2 Å². The van der Waals surface area contributed by atoms with Crippen LogP contribution in [0.2, 0.25) is 0 Å². The lowest BCUT2D eigenvalue weighted by Gasteiger charge is -2.28. The van der Waals surface area contributed by atoms with Crippen LogP contribution in [0.15, 0.2) is 47.1 Å². The van der Waals surface area contributed by atoms with Gasteiger partial charge in [0.2, 0.25) is 15.9 Å². The van der Waals surface area contributed by atoms with Crippen LogP contribution in [0.1, 0.15) is 25.0 Å². The summed E-state index contributed by atoms with van der Waals surface area (Å²) in [7, 11) is -3.25. The molecule has 2 heterocycles. The monoisotopic (exact) mass is 348 g/mol. The molecule has 3 rings (SSSR count). The fourth-order valence-electron chi connectivity index (χ4n) is 2.73. The van der Waals surface area contributed by atoms with Crippen LogP contribution in [0.4, 0.5) is 11.4 Å². The van der Waals surface area contributed by atoms with Gasteiger partial charge in [0.15, 0.2) is 0 Å². The lowest BCUT2D eigenvalue weighted by atomic mass is 10.2. The molecule has 1 N–H and O–H groups in total. The van der Waals surface area contributed by atoms with E-state index in [0.29, 0.717) is 37.2 Å². The maximum atomic E-state index is 12.2. The molecule has 1 fully saturated rings. The smallest absolute Gasteiger partial charge is 0.235 e. The molecule has 2 aromatic rings. The lowest BCUT2D eigenvalue weighted by molar-refractivity contribution is -0.116. The SMILES string of the molecule is O=C(CCc1ccco1)Nc1cccc(N2CCCCS2(=O)=O)c1. The van der Waals surface area contributed by atoms with Crippen LogP contribution in [-0.2, 0) is 21.2 Å². The van der Waals surface area contributed by atoms with E-state index >= 15 is 0 Å². The number of anilines is 2. The van der Waals surface area contributed by atoms with Gasteiger partial charge in [0.25, 0.3) is 0 Å².